The lowest BCUT2D eigenvalue weighted by molar-refractivity contribution is -0.153. The molecule has 19 heavy (non-hydrogen) atoms. The Kier molecular flexibility index (Phi) is 9.88. The molecular weight excluding hydrogens is 242 g/mol. The van der Waals surface area contributed by atoms with Gasteiger partial charge in [0, 0.05) is 0 Å². The molecule has 0 aliphatic heterocycles. The van der Waals surface area contributed by atoms with Crippen LogP contribution < -0.4 is 5.32 Å². The van der Waals surface area contributed by atoms with Gasteiger partial charge >= 0.3 is 5.97 Å². The van der Waals surface area contributed by atoms with Crippen LogP contribution in [-0.2, 0) is 14.3 Å². The van der Waals surface area contributed by atoms with Crippen LogP contribution >= 0.6 is 0 Å². The van der Waals surface area contributed by atoms with Crippen molar-refractivity contribution in [1.82, 2.24) is 5.32 Å². The molecular formula is C15H31NO3. The van der Waals surface area contributed by atoms with Crippen molar-refractivity contribution < 1.29 is 14.3 Å². The molecule has 4 nitrogen and oxygen atoms in total. The molecule has 2 atom stereocenters. The van der Waals surface area contributed by atoms with Crippen LogP contribution in [0.1, 0.15) is 59.8 Å². The smallest absolute Gasteiger partial charge is 0.328 e. The van der Waals surface area contributed by atoms with Crippen molar-refractivity contribution >= 4 is 5.97 Å². The number of nitrogens with one attached hydrogen (secondary N) is 1. The van der Waals surface area contributed by atoms with E-state index < -0.39 is 5.54 Å². The summed E-state index contributed by atoms with van der Waals surface area (Å²) in [5.41, 5.74) is -0.756. The zero-order valence-corrected chi connectivity index (χ0v) is 13.3. The molecule has 0 aromatic carbocycles. The van der Waals surface area contributed by atoms with E-state index in [1.165, 1.54) is 25.7 Å². The van der Waals surface area contributed by atoms with Crippen LogP contribution in [0.15, 0.2) is 0 Å². The van der Waals surface area contributed by atoms with Gasteiger partial charge in [0.1, 0.15) is 5.54 Å². The molecule has 0 aromatic heterocycles. The van der Waals surface area contributed by atoms with E-state index >= 15 is 0 Å². The Bertz CT molecular complexity index is 246. The second-order valence-electron chi connectivity index (χ2n) is 5.27. The summed E-state index contributed by atoms with van der Waals surface area (Å²) in [7, 11) is 1.76. The molecule has 4 heteroatoms. The summed E-state index contributed by atoms with van der Waals surface area (Å²) in [5, 5.41) is 3.00. The second-order valence-corrected chi connectivity index (χ2v) is 5.27. The average molecular weight is 273 g/mol. The van der Waals surface area contributed by atoms with Gasteiger partial charge in [0.05, 0.1) is 19.3 Å². The van der Waals surface area contributed by atoms with E-state index in [4.69, 9.17) is 9.47 Å². The van der Waals surface area contributed by atoms with Gasteiger partial charge in [-0.1, -0.05) is 32.6 Å². The number of ether oxygens (including phenoxy) is 2. The predicted octanol–water partition coefficient (Wildman–Crippen LogP) is 2.90. The Balaban J connectivity index is 4.01. The van der Waals surface area contributed by atoms with Crippen molar-refractivity contribution in [3.63, 3.8) is 0 Å². The van der Waals surface area contributed by atoms with Gasteiger partial charge in [0.25, 0.3) is 0 Å². The topological polar surface area (TPSA) is 47.6 Å². The fraction of sp³-hybridized carbons (Fsp3) is 0.933. The third-order valence-corrected chi connectivity index (χ3v) is 3.40. The quantitative estimate of drug-likeness (QED) is 0.464. The van der Waals surface area contributed by atoms with Gasteiger partial charge in [0.15, 0.2) is 0 Å². The van der Waals surface area contributed by atoms with Gasteiger partial charge in [-0.05, 0) is 34.2 Å². The molecule has 0 bridgehead atoms. The summed E-state index contributed by atoms with van der Waals surface area (Å²) >= 11 is 0. The molecule has 0 radical (unpaired) electrons. The summed E-state index contributed by atoms with van der Waals surface area (Å²) < 4.78 is 10.8. The third kappa shape index (κ3) is 7.53. The molecule has 0 saturated heterocycles. The third-order valence-electron chi connectivity index (χ3n) is 3.40. The summed E-state index contributed by atoms with van der Waals surface area (Å²) in [5.74, 6) is -0.254. The number of esters is 1. The van der Waals surface area contributed by atoms with E-state index in [1.54, 1.807) is 7.05 Å². The van der Waals surface area contributed by atoms with Gasteiger partial charge in [0.2, 0.25) is 0 Å². The zero-order chi connectivity index (χ0) is 14.7. The molecule has 1 N–H and O–H groups in total. The lowest BCUT2D eigenvalue weighted by atomic mass is 10.0. The number of unbranched alkanes of at least 4 members (excludes halogenated alkanes) is 3. The largest absolute Gasteiger partial charge is 0.465 e. The van der Waals surface area contributed by atoms with E-state index in [2.05, 4.69) is 19.2 Å². The van der Waals surface area contributed by atoms with Crippen molar-refractivity contribution in [2.75, 3.05) is 20.3 Å². The number of likely N-dealkylation sites (N-methyl/N-ethyl adjacent to an activating group) is 1. The lowest BCUT2D eigenvalue weighted by Crippen LogP contribution is -2.52. The van der Waals surface area contributed by atoms with E-state index in [1.807, 2.05) is 13.8 Å². The first-order chi connectivity index (χ1) is 9.00. The molecule has 0 aromatic rings. The van der Waals surface area contributed by atoms with Gasteiger partial charge in [-0.2, -0.15) is 0 Å². The van der Waals surface area contributed by atoms with Crippen LogP contribution in [-0.4, -0.2) is 37.9 Å². The van der Waals surface area contributed by atoms with E-state index in [0.717, 1.165) is 6.42 Å². The monoisotopic (exact) mass is 273 g/mol. The van der Waals surface area contributed by atoms with E-state index in [-0.39, 0.29) is 12.1 Å². The Morgan fingerprint density at radius 1 is 1.26 bits per heavy atom. The zero-order valence-electron chi connectivity index (χ0n) is 13.3. The second kappa shape index (κ2) is 10.2. The summed E-state index contributed by atoms with van der Waals surface area (Å²) in [6.07, 6.45) is 6.19. The molecule has 0 aliphatic carbocycles. The number of hydrogen-bond donors (Lipinski definition) is 1. The van der Waals surface area contributed by atoms with Gasteiger partial charge in [-0.3, -0.25) is 0 Å². The highest BCUT2D eigenvalue weighted by Crippen LogP contribution is 2.12. The molecule has 0 heterocycles. The summed E-state index contributed by atoms with van der Waals surface area (Å²) in [4.78, 5) is 11.8. The maximum atomic E-state index is 11.8. The Morgan fingerprint density at radius 3 is 2.47 bits per heavy atom. The maximum Gasteiger partial charge on any atom is 0.328 e. The van der Waals surface area contributed by atoms with Crippen LogP contribution in [0.25, 0.3) is 0 Å². The first-order valence-corrected chi connectivity index (χ1v) is 7.47. The molecule has 0 amide bonds. The summed E-state index contributed by atoms with van der Waals surface area (Å²) in [6, 6.07) is 0. The van der Waals surface area contributed by atoms with E-state index in [9.17, 15) is 4.79 Å². The highest BCUT2D eigenvalue weighted by atomic mass is 16.5. The first kappa shape index (κ1) is 18.4. The minimum atomic E-state index is -0.756. The standard InChI is InChI=1S/C15H31NO3/c1-6-8-9-10-11-13(3)19-12-15(4,16-5)14(17)18-7-2/h13,16H,6-12H2,1-5H3. The van der Waals surface area contributed by atoms with E-state index in [0.29, 0.717) is 13.2 Å². The SMILES string of the molecule is CCCCCCC(C)OCC(C)(NC)C(=O)OCC. The minimum absolute atomic E-state index is 0.180. The molecule has 2 unspecified atom stereocenters. The Hall–Kier alpha value is -0.610. The molecule has 0 rings (SSSR count). The fourth-order valence-corrected chi connectivity index (χ4v) is 1.77. The summed E-state index contributed by atoms with van der Waals surface area (Å²) in [6.45, 7) is 8.63. The Labute approximate surface area is 118 Å². The number of carbonyl (C=O) groups excluding carboxylic acids is 1. The van der Waals surface area contributed by atoms with Gasteiger partial charge in [-0.15, -0.1) is 0 Å². The predicted molar refractivity (Wildman–Crippen MR) is 78.3 cm³/mol. The van der Waals surface area contributed by atoms with Crippen molar-refractivity contribution in [1.29, 1.82) is 0 Å². The van der Waals surface area contributed by atoms with Crippen LogP contribution in [0.3, 0.4) is 0 Å². The maximum absolute atomic E-state index is 11.8. The Morgan fingerprint density at radius 2 is 1.95 bits per heavy atom. The number of rotatable bonds is 11. The fourth-order valence-electron chi connectivity index (χ4n) is 1.77. The van der Waals surface area contributed by atoms with Crippen molar-refractivity contribution in [3.05, 3.63) is 0 Å². The highest BCUT2D eigenvalue weighted by molar-refractivity contribution is 5.80. The number of carbonyl (C=O) groups is 1. The molecule has 114 valence electrons. The molecule has 0 aliphatic rings. The van der Waals surface area contributed by atoms with Crippen LogP contribution in [0, 0.1) is 0 Å². The van der Waals surface area contributed by atoms with Crippen molar-refractivity contribution in [2.45, 2.75) is 71.4 Å². The van der Waals surface area contributed by atoms with Gasteiger partial charge in [-0.25, -0.2) is 4.79 Å². The van der Waals surface area contributed by atoms with Gasteiger partial charge < -0.3 is 14.8 Å². The van der Waals surface area contributed by atoms with Crippen LogP contribution in [0.4, 0.5) is 0 Å². The first-order valence-electron chi connectivity index (χ1n) is 7.47. The van der Waals surface area contributed by atoms with Crippen molar-refractivity contribution in [3.8, 4) is 0 Å². The average Bonchev–Trinajstić information content (AvgIpc) is 2.41. The van der Waals surface area contributed by atoms with Crippen molar-refractivity contribution in [2.24, 2.45) is 0 Å². The lowest BCUT2D eigenvalue weighted by Gasteiger charge is -2.28. The number of hydrogen-bond acceptors (Lipinski definition) is 4. The normalized spacial score (nSPS) is 15.8. The van der Waals surface area contributed by atoms with Crippen LogP contribution in [0.2, 0.25) is 0 Å². The molecule has 0 fully saturated rings. The minimum Gasteiger partial charge on any atom is -0.465 e. The highest BCUT2D eigenvalue weighted by Gasteiger charge is 2.33. The van der Waals surface area contributed by atoms with Crippen LogP contribution in [0.5, 0.6) is 0 Å². The molecule has 0 spiro atoms. The molecule has 0 saturated carbocycles.